The Morgan fingerprint density at radius 2 is 1.95 bits per heavy atom. The molecule has 19 heavy (non-hydrogen) atoms. The molecular weight excluding hydrogens is 236 g/mol. The number of anilines is 1. The van der Waals surface area contributed by atoms with Gasteiger partial charge < -0.3 is 5.32 Å². The van der Waals surface area contributed by atoms with E-state index >= 15 is 0 Å². The van der Waals surface area contributed by atoms with E-state index in [0.717, 1.165) is 35.7 Å². The lowest BCUT2D eigenvalue weighted by molar-refractivity contribution is 0.910. The topological polar surface area (TPSA) is 42.2 Å². The van der Waals surface area contributed by atoms with Gasteiger partial charge in [-0.2, -0.15) is 0 Å². The van der Waals surface area contributed by atoms with E-state index in [2.05, 4.69) is 34.5 Å². The molecule has 0 aliphatic rings. The van der Waals surface area contributed by atoms with Crippen molar-refractivity contribution in [3.05, 3.63) is 48.7 Å². The Morgan fingerprint density at radius 3 is 2.74 bits per heavy atom. The number of hydrogen-bond donors (Lipinski definition) is 1. The van der Waals surface area contributed by atoms with Crippen LogP contribution in [0.2, 0.25) is 0 Å². The Bertz CT molecular complexity index is 673. The van der Waals surface area contributed by atoms with Gasteiger partial charge >= 0.3 is 0 Å². The van der Waals surface area contributed by atoms with Crippen LogP contribution in [-0.2, 0) is 0 Å². The highest BCUT2D eigenvalue weighted by atomic mass is 15.3. The van der Waals surface area contributed by atoms with Crippen LogP contribution >= 0.6 is 0 Å². The van der Waals surface area contributed by atoms with Gasteiger partial charge in [0.15, 0.2) is 5.65 Å². The monoisotopic (exact) mass is 252 g/mol. The second-order valence-electron chi connectivity index (χ2n) is 4.42. The summed E-state index contributed by atoms with van der Waals surface area (Å²) in [6, 6.07) is 14.1. The second-order valence-corrected chi connectivity index (χ2v) is 4.42. The highest BCUT2D eigenvalue weighted by Gasteiger charge is 2.07. The summed E-state index contributed by atoms with van der Waals surface area (Å²) in [7, 11) is 0. The molecule has 1 N–H and O–H groups in total. The minimum Gasteiger partial charge on any atom is -0.369 e. The summed E-state index contributed by atoms with van der Waals surface area (Å²) in [5, 5.41) is 7.89. The first-order valence-electron chi connectivity index (χ1n) is 6.52. The van der Waals surface area contributed by atoms with E-state index in [1.165, 1.54) is 0 Å². The van der Waals surface area contributed by atoms with Gasteiger partial charge in [0.05, 0.1) is 11.9 Å². The summed E-state index contributed by atoms with van der Waals surface area (Å²) in [4.78, 5) is 4.39. The van der Waals surface area contributed by atoms with E-state index in [4.69, 9.17) is 0 Å². The van der Waals surface area contributed by atoms with Crippen molar-refractivity contribution < 1.29 is 0 Å². The third kappa shape index (κ3) is 2.29. The van der Waals surface area contributed by atoms with Crippen LogP contribution in [0.1, 0.15) is 13.3 Å². The number of rotatable bonds is 4. The lowest BCUT2D eigenvalue weighted by Crippen LogP contribution is -2.05. The molecule has 0 fully saturated rings. The predicted octanol–water partition coefficient (Wildman–Crippen LogP) is 3.22. The number of aromatic nitrogens is 3. The van der Waals surface area contributed by atoms with Gasteiger partial charge in [-0.15, -0.1) is 5.10 Å². The van der Waals surface area contributed by atoms with Gasteiger partial charge in [-0.3, -0.25) is 0 Å². The maximum atomic E-state index is 4.59. The maximum Gasteiger partial charge on any atom is 0.154 e. The third-order valence-electron chi connectivity index (χ3n) is 2.99. The fourth-order valence-electron chi connectivity index (χ4n) is 2.03. The van der Waals surface area contributed by atoms with Crippen LogP contribution in [0.25, 0.3) is 16.9 Å². The van der Waals surface area contributed by atoms with Crippen molar-refractivity contribution in [3.8, 4) is 11.3 Å². The molecule has 0 atom stereocenters. The molecule has 3 rings (SSSR count). The van der Waals surface area contributed by atoms with Gasteiger partial charge in [0, 0.05) is 12.1 Å². The minimum absolute atomic E-state index is 0.862. The van der Waals surface area contributed by atoms with Crippen molar-refractivity contribution in [2.75, 3.05) is 11.9 Å². The maximum absolute atomic E-state index is 4.59. The molecule has 0 saturated heterocycles. The molecule has 4 nitrogen and oxygen atoms in total. The molecule has 0 aliphatic heterocycles. The van der Waals surface area contributed by atoms with Crippen LogP contribution in [0.15, 0.2) is 48.7 Å². The zero-order valence-electron chi connectivity index (χ0n) is 10.9. The van der Waals surface area contributed by atoms with Gasteiger partial charge in [0.1, 0.15) is 5.82 Å². The summed E-state index contributed by atoms with van der Waals surface area (Å²) < 4.78 is 1.88. The molecule has 96 valence electrons. The van der Waals surface area contributed by atoms with Gasteiger partial charge in [0.2, 0.25) is 0 Å². The molecule has 0 saturated carbocycles. The first-order chi connectivity index (χ1) is 9.38. The number of nitrogens with one attached hydrogen (secondary N) is 1. The Balaban J connectivity index is 2.05. The van der Waals surface area contributed by atoms with E-state index in [-0.39, 0.29) is 0 Å². The van der Waals surface area contributed by atoms with Crippen LogP contribution in [0.4, 0.5) is 5.82 Å². The van der Waals surface area contributed by atoms with Crippen LogP contribution in [0.3, 0.4) is 0 Å². The number of nitrogens with zero attached hydrogens (tertiary/aromatic N) is 3. The van der Waals surface area contributed by atoms with Crippen LogP contribution in [0.5, 0.6) is 0 Å². The lowest BCUT2D eigenvalue weighted by Gasteiger charge is -2.05. The molecule has 0 unspecified atom stereocenters. The molecule has 0 spiro atoms. The molecule has 2 heterocycles. The Morgan fingerprint density at radius 1 is 1.11 bits per heavy atom. The Kier molecular flexibility index (Phi) is 3.14. The molecule has 4 heteroatoms. The Hall–Kier alpha value is -2.36. The molecule has 1 aromatic carbocycles. The van der Waals surface area contributed by atoms with Crippen LogP contribution < -0.4 is 5.32 Å². The highest BCUT2D eigenvalue weighted by molar-refractivity contribution is 5.63. The van der Waals surface area contributed by atoms with Crippen molar-refractivity contribution in [2.45, 2.75) is 13.3 Å². The molecule has 0 bridgehead atoms. The fraction of sp³-hybridized carbons (Fsp3) is 0.200. The third-order valence-corrected chi connectivity index (χ3v) is 2.99. The first kappa shape index (κ1) is 11.7. The van der Waals surface area contributed by atoms with Gasteiger partial charge in [-0.25, -0.2) is 9.50 Å². The van der Waals surface area contributed by atoms with Gasteiger partial charge in [-0.05, 0) is 18.6 Å². The summed E-state index contributed by atoms with van der Waals surface area (Å²) in [5.74, 6) is 0.879. The number of imidazole rings is 1. The number of fused-ring (bicyclic) bond motifs is 1. The largest absolute Gasteiger partial charge is 0.369 e. The molecule has 0 aliphatic carbocycles. The smallest absolute Gasteiger partial charge is 0.154 e. The summed E-state index contributed by atoms with van der Waals surface area (Å²) in [6.07, 6.45) is 2.94. The standard InChI is InChI=1S/C15H16N4/c1-2-10-16-14-8-9-15-17-11-13(19(15)18-14)12-6-4-3-5-7-12/h3-9,11H,2,10H2,1H3,(H,16,18). The van der Waals surface area contributed by atoms with Crippen molar-refractivity contribution in [1.82, 2.24) is 14.6 Å². The SMILES string of the molecule is CCCNc1ccc2ncc(-c3ccccc3)n2n1. The summed E-state index contributed by atoms with van der Waals surface area (Å²) >= 11 is 0. The van der Waals surface area contributed by atoms with Crippen molar-refractivity contribution >= 4 is 11.5 Å². The minimum atomic E-state index is 0.862. The van der Waals surface area contributed by atoms with Crippen molar-refractivity contribution in [1.29, 1.82) is 0 Å². The zero-order valence-corrected chi connectivity index (χ0v) is 10.9. The molecule has 0 amide bonds. The van der Waals surface area contributed by atoms with E-state index in [9.17, 15) is 0 Å². The molecular formula is C15H16N4. The zero-order chi connectivity index (χ0) is 13.1. The second kappa shape index (κ2) is 5.10. The highest BCUT2D eigenvalue weighted by Crippen LogP contribution is 2.20. The van der Waals surface area contributed by atoms with E-state index < -0.39 is 0 Å². The molecule has 0 radical (unpaired) electrons. The number of benzene rings is 1. The quantitative estimate of drug-likeness (QED) is 0.775. The van der Waals surface area contributed by atoms with Crippen molar-refractivity contribution in [2.24, 2.45) is 0 Å². The van der Waals surface area contributed by atoms with E-state index in [1.807, 2.05) is 41.0 Å². The average Bonchev–Trinajstić information content (AvgIpc) is 2.89. The van der Waals surface area contributed by atoms with Crippen molar-refractivity contribution in [3.63, 3.8) is 0 Å². The summed E-state index contributed by atoms with van der Waals surface area (Å²) in [5.41, 5.74) is 2.99. The molecule has 3 aromatic rings. The van der Waals surface area contributed by atoms with Crippen LogP contribution in [0, 0.1) is 0 Å². The predicted molar refractivity (Wildman–Crippen MR) is 77.2 cm³/mol. The average molecular weight is 252 g/mol. The first-order valence-corrected chi connectivity index (χ1v) is 6.52. The van der Waals surface area contributed by atoms with E-state index in [0.29, 0.717) is 0 Å². The normalized spacial score (nSPS) is 10.8. The number of hydrogen-bond acceptors (Lipinski definition) is 3. The lowest BCUT2D eigenvalue weighted by atomic mass is 10.2. The fourth-order valence-corrected chi connectivity index (χ4v) is 2.03. The Labute approximate surface area is 112 Å². The van der Waals surface area contributed by atoms with Gasteiger partial charge in [0.25, 0.3) is 0 Å². The van der Waals surface area contributed by atoms with Gasteiger partial charge in [-0.1, -0.05) is 37.3 Å². The van der Waals surface area contributed by atoms with Crippen LogP contribution in [-0.4, -0.2) is 21.1 Å². The molecule has 2 aromatic heterocycles. The summed E-state index contributed by atoms with van der Waals surface area (Å²) in [6.45, 7) is 3.06. The van der Waals surface area contributed by atoms with E-state index in [1.54, 1.807) is 0 Å².